The van der Waals surface area contributed by atoms with E-state index in [2.05, 4.69) is 4.98 Å². The van der Waals surface area contributed by atoms with Crippen LogP contribution in [0, 0.1) is 0 Å². The maximum Gasteiger partial charge on any atom is 0.362 e. The number of esters is 1. The lowest BCUT2D eigenvalue weighted by molar-refractivity contribution is 0.0729. The molecule has 0 amide bonds. The lowest BCUT2D eigenvalue weighted by atomic mass is 10.2. The van der Waals surface area contributed by atoms with E-state index < -0.39 is 5.97 Å². The number of pyridine rings is 1. The minimum Gasteiger partial charge on any atom is -0.497 e. The molecule has 116 valence electrons. The standard InChI is InChI=1S/C17H11Cl2NO3/c1-22-11-4-7-15-10(8-11)2-6-16(20-15)17(21)23-12-3-5-13(18)14(19)9-12/h2-9H,1H3. The van der Waals surface area contributed by atoms with Gasteiger partial charge in [-0.2, -0.15) is 0 Å². The molecule has 1 aromatic heterocycles. The van der Waals surface area contributed by atoms with E-state index in [1.54, 1.807) is 43.5 Å². The van der Waals surface area contributed by atoms with Crippen LogP contribution < -0.4 is 9.47 Å². The van der Waals surface area contributed by atoms with Crippen LogP contribution in [0.15, 0.2) is 48.5 Å². The van der Waals surface area contributed by atoms with Gasteiger partial charge >= 0.3 is 5.97 Å². The number of carbonyl (C=O) groups excluding carboxylic acids is 1. The number of ether oxygens (including phenoxy) is 2. The Bertz CT molecular complexity index is 896. The quantitative estimate of drug-likeness (QED) is 0.505. The van der Waals surface area contributed by atoms with Gasteiger partial charge in [-0.15, -0.1) is 0 Å². The van der Waals surface area contributed by atoms with Crippen LogP contribution in [0.3, 0.4) is 0 Å². The number of hydrogen-bond acceptors (Lipinski definition) is 4. The van der Waals surface area contributed by atoms with E-state index >= 15 is 0 Å². The highest BCUT2D eigenvalue weighted by molar-refractivity contribution is 6.42. The third-order valence-electron chi connectivity index (χ3n) is 3.21. The molecule has 0 fully saturated rings. The molecule has 1 heterocycles. The number of halogens is 2. The molecule has 0 bridgehead atoms. The third-order valence-corrected chi connectivity index (χ3v) is 3.95. The van der Waals surface area contributed by atoms with Gasteiger partial charge in [0.15, 0.2) is 0 Å². The lowest BCUT2D eigenvalue weighted by Crippen LogP contribution is -2.10. The van der Waals surface area contributed by atoms with Crippen molar-refractivity contribution in [3.05, 3.63) is 64.3 Å². The number of hydrogen-bond donors (Lipinski definition) is 0. The SMILES string of the molecule is COc1ccc2nc(C(=O)Oc3ccc(Cl)c(Cl)c3)ccc2c1. The van der Waals surface area contributed by atoms with Crippen molar-refractivity contribution < 1.29 is 14.3 Å². The van der Waals surface area contributed by atoms with Crippen LogP contribution in [0.1, 0.15) is 10.5 Å². The van der Waals surface area contributed by atoms with E-state index in [9.17, 15) is 4.79 Å². The predicted octanol–water partition coefficient (Wildman–Crippen LogP) is 4.77. The zero-order valence-corrected chi connectivity index (χ0v) is 13.6. The second-order valence-corrected chi connectivity index (χ2v) is 5.53. The van der Waals surface area contributed by atoms with Crippen LogP contribution in [0.2, 0.25) is 10.0 Å². The molecule has 0 radical (unpaired) electrons. The first-order valence-corrected chi connectivity index (χ1v) is 7.44. The number of fused-ring (bicyclic) bond motifs is 1. The van der Waals surface area contributed by atoms with Gasteiger partial charge in [0.2, 0.25) is 0 Å². The summed E-state index contributed by atoms with van der Waals surface area (Å²) in [5.41, 5.74) is 0.878. The van der Waals surface area contributed by atoms with Crippen LogP contribution in [-0.4, -0.2) is 18.1 Å². The number of rotatable bonds is 3. The summed E-state index contributed by atoms with van der Waals surface area (Å²) in [6, 6.07) is 13.4. The van der Waals surface area contributed by atoms with Crippen LogP contribution in [0.25, 0.3) is 10.9 Å². The number of carbonyl (C=O) groups is 1. The fraction of sp³-hybridized carbons (Fsp3) is 0.0588. The van der Waals surface area contributed by atoms with Gasteiger partial charge in [-0.05, 0) is 36.4 Å². The molecule has 0 spiro atoms. The fourth-order valence-electron chi connectivity index (χ4n) is 2.04. The normalized spacial score (nSPS) is 10.6. The van der Waals surface area contributed by atoms with Gasteiger partial charge in [-0.1, -0.05) is 29.3 Å². The molecule has 4 nitrogen and oxygen atoms in total. The first kappa shape index (κ1) is 15.6. The number of aromatic nitrogens is 1. The van der Waals surface area contributed by atoms with Crippen molar-refractivity contribution in [3.63, 3.8) is 0 Å². The zero-order chi connectivity index (χ0) is 16.4. The molecule has 0 atom stereocenters. The Balaban J connectivity index is 1.86. The average Bonchev–Trinajstić information content (AvgIpc) is 2.57. The van der Waals surface area contributed by atoms with Gasteiger partial charge in [-0.25, -0.2) is 9.78 Å². The summed E-state index contributed by atoms with van der Waals surface area (Å²) in [6.45, 7) is 0. The highest BCUT2D eigenvalue weighted by Crippen LogP contribution is 2.27. The average molecular weight is 348 g/mol. The molecule has 0 saturated carbocycles. The number of methoxy groups -OCH3 is 1. The van der Waals surface area contributed by atoms with Crippen LogP contribution in [0.4, 0.5) is 0 Å². The van der Waals surface area contributed by atoms with Crippen LogP contribution in [0.5, 0.6) is 11.5 Å². The molecular formula is C17H11Cl2NO3. The smallest absolute Gasteiger partial charge is 0.362 e. The summed E-state index contributed by atoms with van der Waals surface area (Å²) in [5, 5.41) is 1.58. The largest absolute Gasteiger partial charge is 0.497 e. The summed E-state index contributed by atoms with van der Waals surface area (Å²) in [5.74, 6) is 0.465. The Labute approximate surface area is 142 Å². The lowest BCUT2D eigenvalue weighted by Gasteiger charge is -2.06. The Kier molecular flexibility index (Phi) is 4.37. The van der Waals surface area contributed by atoms with Crippen molar-refractivity contribution in [2.75, 3.05) is 7.11 Å². The molecule has 0 aliphatic carbocycles. The van der Waals surface area contributed by atoms with Gasteiger partial charge in [0.1, 0.15) is 17.2 Å². The highest BCUT2D eigenvalue weighted by atomic mass is 35.5. The molecule has 0 saturated heterocycles. The van der Waals surface area contributed by atoms with Gasteiger partial charge in [-0.3, -0.25) is 0 Å². The van der Waals surface area contributed by atoms with E-state index in [1.165, 1.54) is 6.07 Å². The maximum atomic E-state index is 12.2. The molecule has 6 heteroatoms. The second-order valence-electron chi connectivity index (χ2n) is 4.72. The molecular weight excluding hydrogens is 337 g/mol. The molecule has 0 N–H and O–H groups in total. The van der Waals surface area contributed by atoms with Gasteiger partial charge < -0.3 is 9.47 Å². The third kappa shape index (κ3) is 3.38. The van der Waals surface area contributed by atoms with E-state index in [4.69, 9.17) is 32.7 Å². The zero-order valence-electron chi connectivity index (χ0n) is 12.0. The summed E-state index contributed by atoms with van der Waals surface area (Å²) in [7, 11) is 1.59. The van der Waals surface area contributed by atoms with Crippen molar-refractivity contribution >= 4 is 40.1 Å². The molecule has 23 heavy (non-hydrogen) atoms. The molecule has 0 aliphatic rings. The monoisotopic (exact) mass is 347 g/mol. The Morgan fingerprint density at radius 2 is 1.74 bits per heavy atom. The fourth-order valence-corrected chi connectivity index (χ4v) is 2.33. The van der Waals surface area contributed by atoms with Crippen molar-refractivity contribution in [2.45, 2.75) is 0 Å². The Morgan fingerprint density at radius 3 is 2.48 bits per heavy atom. The van der Waals surface area contributed by atoms with Crippen molar-refractivity contribution in [3.8, 4) is 11.5 Å². The van der Waals surface area contributed by atoms with E-state index in [0.717, 1.165) is 11.1 Å². The Morgan fingerprint density at radius 1 is 0.957 bits per heavy atom. The molecule has 0 aliphatic heterocycles. The highest BCUT2D eigenvalue weighted by Gasteiger charge is 2.12. The van der Waals surface area contributed by atoms with Gasteiger partial charge in [0.05, 0.1) is 22.7 Å². The number of nitrogens with zero attached hydrogens (tertiary/aromatic N) is 1. The summed E-state index contributed by atoms with van der Waals surface area (Å²) in [4.78, 5) is 16.5. The first-order chi connectivity index (χ1) is 11.1. The van der Waals surface area contributed by atoms with Crippen molar-refractivity contribution in [1.29, 1.82) is 0 Å². The topological polar surface area (TPSA) is 48.4 Å². The van der Waals surface area contributed by atoms with Crippen molar-refractivity contribution in [1.82, 2.24) is 4.98 Å². The second kappa shape index (κ2) is 6.44. The van der Waals surface area contributed by atoms with E-state index in [0.29, 0.717) is 21.3 Å². The maximum absolute atomic E-state index is 12.2. The molecule has 2 aromatic carbocycles. The van der Waals surface area contributed by atoms with E-state index in [1.807, 2.05) is 6.07 Å². The predicted molar refractivity (Wildman–Crippen MR) is 89.7 cm³/mol. The Hall–Kier alpha value is -2.30. The van der Waals surface area contributed by atoms with Crippen LogP contribution in [-0.2, 0) is 0 Å². The molecule has 0 unspecified atom stereocenters. The minimum atomic E-state index is -0.568. The molecule has 3 aromatic rings. The minimum absolute atomic E-state index is 0.203. The van der Waals surface area contributed by atoms with Crippen molar-refractivity contribution in [2.24, 2.45) is 0 Å². The first-order valence-electron chi connectivity index (χ1n) is 6.69. The summed E-state index contributed by atoms with van der Waals surface area (Å²) < 4.78 is 10.4. The van der Waals surface area contributed by atoms with Gasteiger partial charge in [0, 0.05) is 11.5 Å². The van der Waals surface area contributed by atoms with E-state index in [-0.39, 0.29) is 5.69 Å². The number of benzene rings is 2. The van der Waals surface area contributed by atoms with Crippen LogP contribution >= 0.6 is 23.2 Å². The summed E-state index contributed by atoms with van der Waals surface area (Å²) in [6.07, 6.45) is 0. The summed E-state index contributed by atoms with van der Waals surface area (Å²) >= 11 is 11.7. The molecule has 3 rings (SSSR count). The van der Waals surface area contributed by atoms with Gasteiger partial charge in [0.25, 0.3) is 0 Å².